The number of phenolic OH excluding ortho intramolecular Hbond substituents is 1. The molecule has 0 radical (unpaired) electrons. The van der Waals surface area contributed by atoms with Crippen molar-refractivity contribution >= 4 is 0 Å². The molecule has 2 aromatic carbocycles. The monoisotopic (exact) mass is 297 g/mol. The van der Waals surface area contributed by atoms with Gasteiger partial charge in [0.1, 0.15) is 11.6 Å². The molecule has 0 spiro atoms. The van der Waals surface area contributed by atoms with Crippen LogP contribution in [0, 0.1) is 11.7 Å². The third kappa shape index (κ3) is 2.03. The average molecular weight is 297 g/mol. The highest BCUT2D eigenvalue weighted by Gasteiger charge is 2.44. The van der Waals surface area contributed by atoms with Crippen molar-refractivity contribution in [2.75, 3.05) is 13.6 Å². The van der Waals surface area contributed by atoms with Crippen molar-refractivity contribution in [3.05, 3.63) is 65.0 Å². The SMILES string of the molecule is CN1CCCC2C(c3cccc(F)c3)c3cc(O)ccc3C21. The Balaban J connectivity index is 1.88. The summed E-state index contributed by atoms with van der Waals surface area (Å²) in [5.41, 5.74) is 3.48. The Morgan fingerprint density at radius 3 is 2.82 bits per heavy atom. The van der Waals surface area contributed by atoms with E-state index < -0.39 is 0 Å². The van der Waals surface area contributed by atoms with Gasteiger partial charge in [-0.15, -0.1) is 0 Å². The first-order valence-electron chi connectivity index (χ1n) is 7.93. The van der Waals surface area contributed by atoms with Gasteiger partial charge in [0.25, 0.3) is 0 Å². The van der Waals surface area contributed by atoms with Crippen LogP contribution in [0.3, 0.4) is 0 Å². The van der Waals surface area contributed by atoms with Gasteiger partial charge in [-0.25, -0.2) is 4.39 Å². The topological polar surface area (TPSA) is 23.5 Å². The molecule has 3 heteroatoms. The second-order valence-corrected chi connectivity index (χ2v) is 6.58. The normalized spacial score (nSPS) is 27.5. The van der Waals surface area contributed by atoms with Gasteiger partial charge in [0.15, 0.2) is 0 Å². The third-order valence-electron chi connectivity index (χ3n) is 5.29. The van der Waals surface area contributed by atoms with E-state index >= 15 is 0 Å². The maximum atomic E-state index is 13.7. The Kier molecular flexibility index (Phi) is 3.19. The Bertz CT molecular complexity index is 714. The van der Waals surface area contributed by atoms with E-state index in [1.54, 1.807) is 18.2 Å². The van der Waals surface area contributed by atoms with Crippen LogP contribution in [-0.4, -0.2) is 23.6 Å². The highest BCUT2D eigenvalue weighted by molar-refractivity contribution is 5.49. The summed E-state index contributed by atoms with van der Waals surface area (Å²) in [5.74, 6) is 0.733. The highest BCUT2D eigenvalue weighted by atomic mass is 19.1. The number of nitrogens with zero attached hydrogens (tertiary/aromatic N) is 1. The van der Waals surface area contributed by atoms with Crippen LogP contribution in [0.15, 0.2) is 42.5 Å². The van der Waals surface area contributed by atoms with E-state index in [4.69, 9.17) is 0 Å². The number of aromatic hydroxyl groups is 1. The summed E-state index contributed by atoms with van der Waals surface area (Å²) in [5, 5.41) is 9.93. The van der Waals surface area contributed by atoms with Gasteiger partial charge in [-0.2, -0.15) is 0 Å². The van der Waals surface area contributed by atoms with E-state index in [1.165, 1.54) is 18.1 Å². The molecular formula is C19H20FNO. The number of rotatable bonds is 1. The van der Waals surface area contributed by atoms with Gasteiger partial charge in [-0.3, -0.25) is 4.90 Å². The Morgan fingerprint density at radius 1 is 1.14 bits per heavy atom. The van der Waals surface area contributed by atoms with Crippen LogP contribution in [0.5, 0.6) is 5.75 Å². The summed E-state index contributed by atoms with van der Waals surface area (Å²) in [6.45, 7) is 1.09. The molecular weight excluding hydrogens is 277 g/mol. The van der Waals surface area contributed by atoms with Crippen molar-refractivity contribution < 1.29 is 9.50 Å². The van der Waals surface area contributed by atoms with Crippen LogP contribution in [0.2, 0.25) is 0 Å². The Hall–Kier alpha value is -1.87. The first-order valence-corrected chi connectivity index (χ1v) is 7.93. The molecule has 1 saturated heterocycles. The zero-order valence-corrected chi connectivity index (χ0v) is 12.7. The molecule has 3 unspecified atom stereocenters. The molecule has 1 heterocycles. The quantitative estimate of drug-likeness (QED) is 0.858. The predicted octanol–water partition coefficient (Wildman–Crippen LogP) is 4.06. The molecule has 0 aromatic heterocycles. The van der Waals surface area contributed by atoms with Gasteiger partial charge < -0.3 is 5.11 Å². The lowest BCUT2D eigenvalue weighted by atomic mass is 9.80. The minimum Gasteiger partial charge on any atom is -0.508 e. The maximum Gasteiger partial charge on any atom is 0.123 e. The summed E-state index contributed by atoms with van der Waals surface area (Å²) in [7, 11) is 2.17. The lowest BCUT2D eigenvalue weighted by molar-refractivity contribution is 0.127. The fraction of sp³-hybridized carbons (Fsp3) is 0.368. The molecule has 1 aliphatic heterocycles. The van der Waals surface area contributed by atoms with E-state index in [1.807, 2.05) is 18.2 Å². The predicted molar refractivity (Wildman–Crippen MR) is 84.4 cm³/mol. The summed E-state index contributed by atoms with van der Waals surface area (Å²) in [6.07, 6.45) is 2.31. The molecule has 3 atom stereocenters. The molecule has 2 nitrogen and oxygen atoms in total. The molecule has 2 aromatic rings. The zero-order chi connectivity index (χ0) is 15.3. The summed E-state index contributed by atoms with van der Waals surface area (Å²) in [4.78, 5) is 2.41. The number of hydrogen-bond acceptors (Lipinski definition) is 2. The van der Waals surface area contributed by atoms with Gasteiger partial charge in [0.05, 0.1) is 0 Å². The fourth-order valence-corrected chi connectivity index (χ4v) is 4.48. The van der Waals surface area contributed by atoms with Crippen LogP contribution in [0.1, 0.15) is 41.5 Å². The zero-order valence-electron chi connectivity index (χ0n) is 12.7. The number of likely N-dealkylation sites (tertiary alicyclic amines) is 1. The van der Waals surface area contributed by atoms with Crippen molar-refractivity contribution in [1.29, 1.82) is 0 Å². The molecule has 2 aliphatic rings. The Labute approximate surface area is 130 Å². The average Bonchev–Trinajstić information content (AvgIpc) is 2.81. The fourth-order valence-electron chi connectivity index (χ4n) is 4.48. The maximum absolute atomic E-state index is 13.7. The van der Waals surface area contributed by atoms with Crippen LogP contribution in [0.25, 0.3) is 0 Å². The van der Waals surface area contributed by atoms with Gasteiger partial charge >= 0.3 is 0 Å². The van der Waals surface area contributed by atoms with E-state index in [2.05, 4.69) is 11.9 Å². The molecule has 114 valence electrons. The van der Waals surface area contributed by atoms with Crippen molar-refractivity contribution in [2.24, 2.45) is 5.92 Å². The Morgan fingerprint density at radius 2 is 2.00 bits per heavy atom. The van der Waals surface area contributed by atoms with Crippen LogP contribution < -0.4 is 0 Å². The molecule has 1 aliphatic carbocycles. The van der Waals surface area contributed by atoms with Gasteiger partial charge in [-0.05, 0) is 73.3 Å². The molecule has 0 saturated carbocycles. The number of piperidine rings is 1. The minimum atomic E-state index is -0.188. The van der Waals surface area contributed by atoms with Crippen LogP contribution in [-0.2, 0) is 0 Å². The van der Waals surface area contributed by atoms with Crippen LogP contribution in [0.4, 0.5) is 4.39 Å². The summed E-state index contributed by atoms with van der Waals surface area (Å²) in [6, 6.07) is 13.0. The standard InChI is InChI=1S/C19H20FNO/c1-21-9-3-6-16-18(12-4-2-5-13(20)10-12)17-11-14(22)7-8-15(17)19(16)21/h2,4-5,7-8,10-11,16,18-19,22H,3,6,9H2,1H3. The van der Waals surface area contributed by atoms with Gasteiger partial charge in [-0.1, -0.05) is 18.2 Å². The van der Waals surface area contributed by atoms with E-state index in [0.717, 1.165) is 24.1 Å². The van der Waals surface area contributed by atoms with Gasteiger partial charge in [0.2, 0.25) is 0 Å². The molecule has 1 N–H and O–H groups in total. The number of benzene rings is 2. The molecule has 4 rings (SSSR count). The smallest absolute Gasteiger partial charge is 0.123 e. The molecule has 0 amide bonds. The molecule has 22 heavy (non-hydrogen) atoms. The second-order valence-electron chi connectivity index (χ2n) is 6.58. The summed E-state index contributed by atoms with van der Waals surface area (Å²) < 4.78 is 13.7. The van der Waals surface area contributed by atoms with Crippen LogP contribution >= 0.6 is 0 Å². The largest absolute Gasteiger partial charge is 0.508 e. The number of hydrogen-bond donors (Lipinski definition) is 1. The van der Waals surface area contributed by atoms with E-state index in [-0.39, 0.29) is 11.7 Å². The first-order chi connectivity index (χ1) is 10.6. The molecule has 1 fully saturated rings. The van der Waals surface area contributed by atoms with Crippen molar-refractivity contribution in [2.45, 2.75) is 24.8 Å². The lowest BCUT2D eigenvalue weighted by Gasteiger charge is -2.37. The summed E-state index contributed by atoms with van der Waals surface area (Å²) >= 11 is 0. The number of halogens is 1. The lowest BCUT2D eigenvalue weighted by Crippen LogP contribution is -2.34. The second kappa shape index (κ2) is 5.10. The number of phenols is 1. The van der Waals surface area contributed by atoms with E-state index in [0.29, 0.717) is 17.7 Å². The van der Waals surface area contributed by atoms with Crippen molar-refractivity contribution in [3.8, 4) is 5.75 Å². The van der Waals surface area contributed by atoms with Crippen molar-refractivity contribution in [3.63, 3.8) is 0 Å². The van der Waals surface area contributed by atoms with E-state index in [9.17, 15) is 9.50 Å². The first kappa shape index (κ1) is 13.8. The third-order valence-corrected chi connectivity index (χ3v) is 5.29. The van der Waals surface area contributed by atoms with Crippen molar-refractivity contribution in [1.82, 2.24) is 4.90 Å². The van der Waals surface area contributed by atoms with Gasteiger partial charge in [0, 0.05) is 12.0 Å². The minimum absolute atomic E-state index is 0.172. The highest BCUT2D eigenvalue weighted by Crippen LogP contribution is 2.54. The number of fused-ring (bicyclic) bond motifs is 3. The molecule has 0 bridgehead atoms.